The van der Waals surface area contributed by atoms with E-state index in [4.69, 9.17) is 5.11 Å². The van der Waals surface area contributed by atoms with Crippen LogP contribution in [0.3, 0.4) is 0 Å². The number of likely N-dealkylation sites (tertiary alicyclic amines) is 1. The topological polar surface area (TPSA) is 26.7 Å². The van der Waals surface area contributed by atoms with Gasteiger partial charge < -0.3 is 14.9 Å². The first-order chi connectivity index (χ1) is 9.19. The van der Waals surface area contributed by atoms with Crippen LogP contribution in [0, 0.1) is 5.92 Å². The summed E-state index contributed by atoms with van der Waals surface area (Å²) in [6, 6.07) is 8.45. The van der Waals surface area contributed by atoms with E-state index in [1.54, 1.807) is 0 Å². The molecule has 1 fully saturated rings. The number of benzene rings is 1. The van der Waals surface area contributed by atoms with E-state index in [2.05, 4.69) is 57.0 Å². The van der Waals surface area contributed by atoms with Crippen molar-refractivity contribution in [2.24, 2.45) is 5.92 Å². The summed E-state index contributed by atoms with van der Waals surface area (Å²) in [5.74, 6) is 0.528. The van der Waals surface area contributed by atoms with E-state index in [9.17, 15) is 0 Å². The highest BCUT2D eigenvalue weighted by Crippen LogP contribution is 2.18. The summed E-state index contributed by atoms with van der Waals surface area (Å²) < 4.78 is 1.12. The molecular formula is C15H23BrN2O. The third kappa shape index (κ3) is 4.48. The predicted octanol–water partition coefficient (Wildman–Crippen LogP) is 2.59. The number of aliphatic hydroxyl groups is 1. The Morgan fingerprint density at radius 3 is 2.47 bits per heavy atom. The molecule has 106 valence electrons. The lowest BCUT2D eigenvalue weighted by molar-refractivity contribution is 0.133. The van der Waals surface area contributed by atoms with E-state index in [-0.39, 0.29) is 0 Å². The average Bonchev–Trinajstić information content (AvgIpc) is 2.46. The lowest BCUT2D eigenvalue weighted by atomic mass is 9.98. The van der Waals surface area contributed by atoms with Crippen molar-refractivity contribution < 1.29 is 5.11 Å². The lowest BCUT2D eigenvalue weighted by Gasteiger charge is -2.32. The largest absolute Gasteiger partial charge is 0.396 e. The monoisotopic (exact) mass is 326 g/mol. The fourth-order valence-electron chi connectivity index (χ4n) is 2.51. The van der Waals surface area contributed by atoms with Gasteiger partial charge in [0.1, 0.15) is 0 Å². The summed E-state index contributed by atoms with van der Waals surface area (Å²) in [5, 5.41) is 9.14. The van der Waals surface area contributed by atoms with Gasteiger partial charge in [0.05, 0.1) is 0 Å². The molecule has 1 saturated heterocycles. The van der Waals surface area contributed by atoms with Gasteiger partial charge in [0.25, 0.3) is 0 Å². The number of nitrogens with zero attached hydrogens (tertiary/aromatic N) is 2. The maximum absolute atomic E-state index is 9.14. The highest BCUT2D eigenvalue weighted by Gasteiger charge is 2.18. The van der Waals surface area contributed by atoms with Crippen molar-refractivity contribution in [3.63, 3.8) is 0 Å². The van der Waals surface area contributed by atoms with Gasteiger partial charge in [-0.25, -0.2) is 0 Å². The molecular weight excluding hydrogens is 304 g/mol. The Balaban J connectivity index is 1.75. The summed E-state index contributed by atoms with van der Waals surface area (Å²) in [6.45, 7) is 4.75. The predicted molar refractivity (Wildman–Crippen MR) is 83.7 cm³/mol. The molecule has 0 amide bonds. The van der Waals surface area contributed by atoms with E-state index in [0.717, 1.165) is 43.5 Å². The summed E-state index contributed by atoms with van der Waals surface area (Å²) in [6.07, 6.45) is 2.27. The summed E-state index contributed by atoms with van der Waals surface area (Å²) in [5.41, 5.74) is 1.26. The second kappa shape index (κ2) is 7.27. The fourth-order valence-corrected chi connectivity index (χ4v) is 2.77. The fraction of sp³-hybridized carbons (Fsp3) is 0.600. The molecule has 3 nitrogen and oxygen atoms in total. The van der Waals surface area contributed by atoms with E-state index in [0.29, 0.717) is 12.5 Å². The maximum atomic E-state index is 9.14. The molecule has 0 unspecified atom stereocenters. The van der Waals surface area contributed by atoms with Crippen molar-refractivity contribution in [2.75, 3.05) is 44.7 Å². The quantitative estimate of drug-likeness (QED) is 0.901. The molecule has 19 heavy (non-hydrogen) atoms. The standard InChI is InChI=1S/C15H23BrN2O/c1-17(15-4-2-14(16)3-5-15)10-11-18-8-6-13(12-19)7-9-18/h2-5,13,19H,6-12H2,1H3. The summed E-state index contributed by atoms with van der Waals surface area (Å²) in [7, 11) is 2.14. The second-order valence-electron chi connectivity index (χ2n) is 5.37. The zero-order valence-electron chi connectivity index (χ0n) is 11.6. The van der Waals surface area contributed by atoms with Crippen LogP contribution >= 0.6 is 15.9 Å². The molecule has 0 atom stereocenters. The normalized spacial score (nSPS) is 17.6. The molecule has 1 heterocycles. The molecule has 0 aromatic heterocycles. The zero-order valence-corrected chi connectivity index (χ0v) is 13.1. The van der Waals surface area contributed by atoms with Crippen molar-refractivity contribution in [2.45, 2.75) is 12.8 Å². The number of rotatable bonds is 5. The third-order valence-electron chi connectivity index (χ3n) is 3.98. The van der Waals surface area contributed by atoms with Crippen LogP contribution in [0.15, 0.2) is 28.7 Å². The van der Waals surface area contributed by atoms with Crippen LogP contribution in [-0.2, 0) is 0 Å². The van der Waals surface area contributed by atoms with E-state index in [1.165, 1.54) is 5.69 Å². The van der Waals surface area contributed by atoms with Crippen LogP contribution in [0.2, 0.25) is 0 Å². The number of hydrogen-bond donors (Lipinski definition) is 1. The molecule has 0 saturated carbocycles. The maximum Gasteiger partial charge on any atom is 0.0460 e. The minimum absolute atomic E-state index is 0.354. The molecule has 0 spiro atoms. The van der Waals surface area contributed by atoms with Gasteiger partial charge in [-0.3, -0.25) is 0 Å². The Kier molecular flexibility index (Phi) is 5.67. The van der Waals surface area contributed by atoms with Gasteiger partial charge in [-0.15, -0.1) is 0 Å². The number of halogens is 1. The van der Waals surface area contributed by atoms with Gasteiger partial charge in [-0.05, 0) is 56.1 Å². The van der Waals surface area contributed by atoms with Crippen LogP contribution in [0.25, 0.3) is 0 Å². The van der Waals surface area contributed by atoms with Crippen LogP contribution in [0.5, 0.6) is 0 Å². The van der Waals surface area contributed by atoms with Gasteiger partial charge >= 0.3 is 0 Å². The Hall–Kier alpha value is -0.580. The SMILES string of the molecule is CN(CCN1CCC(CO)CC1)c1ccc(Br)cc1. The van der Waals surface area contributed by atoms with Crippen LogP contribution < -0.4 is 4.90 Å². The summed E-state index contributed by atoms with van der Waals surface area (Å²) in [4.78, 5) is 4.80. The Morgan fingerprint density at radius 1 is 1.26 bits per heavy atom. The zero-order chi connectivity index (χ0) is 13.7. The highest BCUT2D eigenvalue weighted by atomic mass is 79.9. The molecule has 0 aliphatic carbocycles. The first-order valence-corrected chi connectivity index (χ1v) is 7.78. The number of piperidine rings is 1. The molecule has 0 bridgehead atoms. The van der Waals surface area contributed by atoms with Gasteiger partial charge in [-0.2, -0.15) is 0 Å². The Morgan fingerprint density at radius 2 is 1.89 bits per heavy atom. The number of hydrogen-bond acceptors (Lipinski definition) is 3. The second-order valence-corrected chi connectivity index (χ2v) is 6.28. The first kappa shape index (κ1) is 14.8. The number of likely N-dealkylation sites (N-methyl/N-ethyl adjacent to an activating group) is 1. The Bertz CT molecular complexity index is 374. The van der Waals surface area contributed by atoms with Crippen molar-refractivity contribution >= 4 is 21.6 Å². The third-order valence-corrected chi connectivity index (χ3v) is 4.51. The molecule has 1 aromatic carbocycles. The minimum Gasteiger partial charge on any atom is -0.396 e. The van der Waals surface area contributed by atoms with Crippen molar-refractivity contribution in [1.82, 2.24) is 4.90 Å². The number of aliphatic hydroxyl groups excluding tert-OH is 1. The highest BCUT2D eigenvalue weighted by molar-refractivity contribution is 9.10. The van der Waals surface area contributed by atoms with Crippen LogP contribution in [-0.4, -0.2) is 49.8 Å². The van der Waals surface area contributed by atoms with E-state index >= 15 is 0 Å². The average molecular weight is 327 g/mol. The Labute approximate surface area is 124 Å². The van der Waals surface area contributed by atoms with Gasteiger partial charge in [0.2, 0.25) is 0 Å². The van der Waals surface area contributed by atoms with E-state index < -0.39 is 0 Å². The van der Waals surface area contributed by atoms with Gasteiger partial charge in [-0.1, -0.05) is 15.9 Å². The van der Waals surface area contributed by atoms with Crippen LogP contribution in [0.4, 0.5) is 5.69 Å². The smallest absolute Gasteiger partial charge is 0.0460 e. The summed E-state index contributed by atoms with van der Waals surface area (Å²) >= 11 is 3.46. The molecule has 1 aliphatic rings. The molecule has 1 aromatic rings. The molecule has 1 N–H and O–H groups in total. The van der Waals surface area contributed by atoms with Crippen molar-refractivity contribution in [3.05, 3.63) is 28.7 Å². The van der Waals surface area contributed by atoms with Gasteiger partial charge in [0.15, 0.2) is 0 Å². The first-order valence-electron chi connectivity index (χ1n) is 6.99. The lowest BCUT2D eigenvalue weighted by Crippen LogP contribution is -2.39. The minimum atomic E-state index is 0.354. The van der Waals surface area contributed by atoms with E-state index in [1.807, 2.05) is 0 Å². The molecule has 2 rings (SSSR count). The molecule has 1 aliphatic heterocycles. The molecule has 4 heteroatoms. The number of anilines is 1. The van der Waals surface area contributed by atoms with Gasteiger partial charge in [0, 0.05) is 36.9 Å². The van der Waals surface area contributed by atoms with Crippen LogP contribution in [0.1, 0.15) is 12.8 Å². The van der Waals surface area contributed by atoms with Crippen molar-refractivity contribution in [3.8, 4) is 0 Å². The van der Waals surface area contributed by atoms with Crippen molar-refractivity contribution in [1.29, 1.82) is 0 Å². The molecule has 0 radical (unpaired) electrons.